The molecule has 0 fully saturated rings. The normalized spacial score (nSPS) is 12.1. The topological polar surface area (TPSA) is 58.0 Å². The summed E-state index contributed by atoms with van der Waals surface area (Å²) in [5, 5.41) is 15.5. The molecule has 6 heteroatoms. The lowest BCUT2D eigenvalue weighted by Crippen LogP contribution is -2.13. The van der Waals surface area contributed by atoms with Crippen molar-refractivity contribution in [3.63, 3.8) is 0 Å². The maximum atomic E-state index is 13.5. The first kappa shape index (κ1) is 18.2. The predicted molar refractivity (Wildman–Crippen MR) is 109 cm³/mol. The number of fused-ring (bicyclic) bond motifs is 1. The zero-order valence-corrected chi connectivity index (χ0v) is 15.8. The second-order valence-electron chi connectivity index (χ2n) is 6.52. The van der Waals surface area contributed by atoms with Crippen LogP contribution in [0.2, 0.25) is 5.02 Å². The number of benzene rings is 2. The summed E-state index contributed by atoms with van der Waals surface area (Å²) in [7, 11) is 0. The third-order valence-electron chi connectivity index (χ3n) is 4.56. The lowest BCUT2D eigenvalue weighted by atomic mass is 9.95. The molecule has 140 valence electrons. The molecule has 0 bridgehead atoms. The summed E-state index contributed by atoms with van der Waals surface area (Å²) < 4.78 is 13.5. The molecular weight excluding hydrogens is 377 g/mol. The number of aryl methyl sites for hydroxylation is 1. The fourth-order valence-electron chi connectivity index (χ4n) is 3.18. The summed E-state index contributed by atoms with van der Waals surface area (Å²) in [6, 6.07) is 14.7. The Balaban J connectivity index is 1.91. The van der Waals surface area contributed by atoms with E-state index in [0.29, 0.717) is 21.5 Å². The minimum atomic E-state index is -0.478. The highest BCUT2D eigenvalue weighted by atomic mass is 35.5. The molecule has 2 aromatic carbocycles. The number of nitrogens with one attached hydrogen (secondary N) is 1. The van der Waals surface area contributed by atoms with Gasteiger partial charge in [-0.2, -0.15) is 0 Å². The molecule has 1 atom stereocenters. The zero-order chi connectivity index (χ0) is 19.7. The number of phenols is 1. The second-order valence-corrected chi connectivity index (χ2v) is 6.92. The first-order chi connectivity index (χ1) is 13.5. The molecule has 4 nitrogen and oxygen atoms in total. The molecule has 2 aromatic heterocycles. The van der Waals surface area contributed by atoms with Crippen LogP contribution in [0.5, 0.6) is 5.75 Å². The van der Waals surface area contributed by atoms with Gasteiger partial charge < -0.3 is 10.4 Å². The Morgan fingerprint density at radius 2 is 1.89 bits per heavy atom. The molecule has 2 N–H and O–H groups in total. The molecule has 0 radical (unpaired) electrons. The van der Waals surface area contributed by atoms with Gasteiger partial charge in [-0.05, 0) is 55.0 Å². The first-order valence-corrected chi connectivity index (χ1v) is 9.11. The van der Waals surface area contributed by atoms with Crippen LogP contribution in [-0.4, -0.2) is 15.1 Å². The number of nitrogens with zero attached hydrogens (tertiary/aromatic N) is 2. The van der Waals surface area contributed by atoms with Gasteiger partial charge in [0.05, 0.1) is 16.8 Å². The maximum Gasteiger partial charge on any atom is 0.147 e. The Hall–Kier alpha value is -3.18. The average molecular weight is 394 g/mol. The second kappa shape index (κ2) is 7.44. The van der Waals surface area contributed by atoms with Crippen molar-refractivity contribution in [1.29, 1.82) is 0 Å². The molecule has 0 aliphatic rings. The van der Waals surface area contributed by atoms with Crippen LogP contribution in [0.1, 0.15) is 22.9 Å². The van der Waals surface area contributed by atoms with Crippen LogP contribution < -0.4 is 5.32 Å². The van der Waals surface area contributed by atoms with Gasteiger partial charge in [-0.25, -0.2) is 9.37 Å². The Morgan fingerprint density at radius 1 is 1.11 bits per heavy atom. The summed E-state index contributed by atoms with van der Waals surface area (Å²) in [6.07, 6.45) is 3.35. The van der Waals surface area contributed by atoms with Crippen molar-refractivity contribution in [2.45, 2.75) is 13.0 Å². The van der Waals surface area contributed by atoms with E-state index in [2.05, 4.69) is 15.3 Å². The van der Waals surface area contributed by atoms with E-state index in [-0.39, 0.29) is 11.6 Å². The molecule has 0 saturated heterocycles. The standard InChI is InChI=1S/C22H17ClFN3O/c1-13-4-9-17-19(23)11-18(22(28)21(17)26-13)20(14-5-7-15(24)8-6-14)27-16-3-2-10-25-12-16/h2-12,20,27-28H,1H3. The van der Waals surface area contributed by atoms with Crippen molar-refractivity contribution in [2.24, 2.45) is 0 Å². The van der Waals surface area contributed by atoms with Crippen molar-refractivity contribution in [1.82, 2.24) is 9.97 Å². The minimum absolute atomic E-state index is 0.0359. The van der Waals surface area contributed by atoms with Gasteiger partial charge in [0, 0.05) is 29.0 Å². The highest BCUT2D eigenvalue weighted by molar-refractivity contribution is 6.35. The van der Waals surface area contributed by atoms with E-state index in [9.17, 15) is 9.50 Å². The number of anilines is 1. The van der Waals surface area contributed by atoms with E-state index in [4.69, 9.17) is 11.6 Å². The van der Waals surface area contributed by atoms with Crippen molar-refractivity contribution in [2.75, 3.05) is 5.32 Å². The van der Waals surface area contributed by atoms with Gasteiger partial charge in [0.25, 0.3) is 0 Å². The fraction of sp³-hybridized carbons (Fsp3) is 0.0909. The van der Waals surface area contributed by atoms with Crippen molar-refractivity contribution < 1.29 is 9.50 Å². The van der Waals surface area contributed by atoms with Gasteiger partial charge in [-0.15, -0.1) is 0 Å². The monoisotopic (exact) mass is 393 g/mol. The van der Waals surface area contributed by atoms with E-state index in [0.717, 1.165) is 16.9 Å². The molecule has 0 spiro atoms. The lowest BCUT2D eigenvalue weighted by molar-refractivity contribution is 0.471. The van der Waals surface area contributed by atoms with E-state index in [1.54, 1.807) is 30.6 Å². The van der Waals surface area contributed by atoms with Crippen LogP contribution in [0.3, 0.4) is 0 Å². The maximum absolute atomic E-state index is 13.5. The largest absolute Gasteiger partial charge is 0.505 e. The number of pyridine rings is 2. The van der Waals surface area contributed by atoms with Crippen LogP contribution in [0.25, 0.3) is 10.9 Å². The third-order valence-corrected chi connectivity index (χ3v) is 4.87. The number of hydrogen-bond acceptors (Lipinski definition) is 4. The SMILES string of the molecule is Cc1ccc2c(Cl)cc(C(Nc3cccnc3)c3ccc(F)cc3)c(O)c2n1. The summed E-state index contributed by atoms with van der Waals surface area (Å²) >= 11 is 6.50. The number of rotatable bonds is 4. The number of phenolic OH excluding ortho intramolecular Hbond substituents is 1. The summed E-state index contributed by atoms with van der Waals surface area (Å²) in [5.74, 6) is -0.296. The Bertz CT molecular complexity index is 1130. The van der Waals surface area contributed by atoms with Crippen molar-refractivity contribution in [3.8, 4) is 5.75 Å². The van der Waals surface area contributed by atoms with Crippen LogP contribution in [-0.2, 0) is 0 Å². The first-order valence-electron chi connectivity index (χ1n) is 8.73. The van der Waals surface area contributed by atoms with Gasteiger partial charge >= 0.3 is 0 Å². The number of hydrogen-bond donors (Lipinski definition) is 2. The lowest BCUT2D eigenvalue weighted by Gasteiger charge is -2.23. The number of halogens is 2. The zero-order valence-electron chi connectivity index (χ0n) is 15.0. The molecular formula is C22H17ClFN3O. The highest BCUT2D eigenvalue weighted by Crippen LogP contribution is 2.40. The molecule has 2 heterocycles. The predicted octanol–water partition coefficient (Wildman–Crippen LogP) is 5.64. The van der Waals surface area contributed by atoms with E-state index in [1.807, 2.05) is 31.2 Å². The van der Waals surface area contributed by atoms with E-state index >= 15 is 0 Å². The van der Waals surface area contributed by atoms with Gasteiger partial charge in [0.2, 0.25) is 0 Å². The Morgan fingerprint density at radius 3 is 2.61 bits per heavy atom. The highest BCUT2D eigenvalue weighted by Gasteiger charge is 2.22. The molecule has 0 aliphatic carbocycles. The van der Waals surface area contributed by atoms with Crippen molar-refractivity contribution in [3.05, 3.63) is 94.7 Å². The average Bonchev–Trinajstić information content (AvgIpc) is 2.70. The Kier molecular flexibility index (Phi) is 4.84. The molecule has 0 saturated carbocycles. The van der Waals surface area contributed by atoms with Gasteiger partial charge in [-0.1, -0.05) is 23.7 Å². The van der Waals surface area contributed by atoms with Crippen LogP contribution in [0.4, 0.5) is 10.1 Å². The summed E-state index contributed by atoms with van der Waals surface area (Å²) in [4.78, 5) is 8.58. The van der Waals surface area contributed by atoms with Crippen molar-refractivity contribution >= 4 is 28.2 Å². The van der Waals surface area contributed by atoms with Crippen LogP contribution in [0.15, 0.2) is 67.0 Å². The van der Waals surface area contributed by atoms with Gasteiger partial charge in [-0.3, -0.25) is 4.98 Å². The van der Waals surface area contributed by atoms with Gasteiger partial charge in [0.15, 0.2) is 0 Å². The third kappa shape index (κ3) is 3.49. The number of aromatic hydroxyl groups is 1. The van der Waals surface area contributed by atoms with Gasteiger partial charge in [0.1, 0.15) is 17.1 Å². The van der Waals surface area contributed by atoms with Crippen LogP contribution >= 0.6 is 11.6 Å². The van der Waals surface area contributed by atoms with Crippen LogP contribution in [0, 0.1) is 12.7 Å². The minimum Gasteiger partial charge on any atom is -0.505 e. The fourth-order valence-corrected chi connectivity index (χ4v) is 3.45. The number of aromatic nitrogens is 2. The van der Waals surface area contributed by atoms with E-state index in [1.165, 1.54) is 12.1 Å². The summed E-state index contributed by atoms with van der Waals surface area (Å²) in [6.45, 7) is 1.85. The summed E-state index contributed by atoms with van der Waals surface area (Å²) in [5.41, 5.74) is 3.27. The molecule has 4 rings (SSSR count). The molecule has 4 aromatic rings. The molecule has 0 aliphatic heterocycles. The Labute approximate surface area is 166 Å². The smallest absolute Gasteiger partial charge is 0.147 e. The molecule has 0 amide bonds. The quantitative estimate of drug-likeness (QED) is 0.471. The van der Waals surface area contributed by atoms with E-state index < -0.39 is 6.04 Å². The molecule has 28 heavy (non-hydrogen) atoms. The molecule has 1 unspecified atom stereocenters.